The average molecular weight is 523 g/mol. The molecule has 0 unspecified atom stereocenters. The molecule has 0 bridgehead atoms. The molecule has 3 N–H and O–H groups in total. The fourth-order valence-electron chi connectivity index (χ4n) is 3.61. The van der Waals surface area contributed by atoms with Crippen LogP contribution in [-0.2, 0) is 16.0 Å². The van der Waals surface area contributed by atoms with Crippen molar-refractivity contribution in [2.75, 3.05) is 0 Å². The molecular weight excluding hydrogens is 499 g/mol. The van der Waals surface area contributed by atoms with E-state index in [2.05, 4.69) is 20.8 Å². The molecule has 0 aliphatic carbocycles. The highest BCUT2D eigenvalue weighted by Gasteiger charge is 2.25. The molecule has 3 aromatic carbocycles. The largest absolute Gasteiger partial charge is 0.479 e. The molecule has 1 heterocycles. The molecule has 0 fully saturated rings. The third kappa shape index (κ3) is 6.44. The third-order valence-corrected chi connectivity index (χ3v) is 6.01. The normalized spacial score (nSPS) is 12.9. The Balaban J connectivity index is 1.44. The molecule has 9 heteroatoms. The predicted octanol–water partition coefficient (Wildman–Crippen LogP) is 5.12. The zero-order valence-corrected chi connectivity index (χ0v) is 20.9. The van der Waals surface area contributed by atoms with E-state index >= 15 is 0 Å². The summed E-state index contributed by atoms with van der Waals surface area (Å²) in [5, 5.41) is 8.60. The molecule has 0 aliphatic heterocycles. The van der Waals surface area contributed by atoms with Gasteiger partial charge >= 0.3 is 0 Å². The average Bonchev–Trinajstić information content (AvgIpc) is 3.29. The van der Waals surface area contributed by atoms with Crippen LogP contribution < -0.4 is 15.5 Å². The van der Waals surface area contributed by atoms with Gasteiger partial charge in [0.2, 0.25) is 0 Å². The fourth-order valence-corrected chi connectivity index (χ4v) is 4.06. The Labute approximate surface area is 218 Å². The maximum Gasteiger partial charge on any atom is 0.262 e. The maximum atomic E-state index is 13.0. The van der Waals surface area contributed by atoms with E-state index in [1.165, 1.54) is 6.07 Å². The van der Waals surface area contributed by atoms with Crippen molar-refractivity contribution in [3.05, 3.63) is 100 Å². The topological polar surface area (TPSA) is 95.6 Å². The van der Waals surface area contributed by atoms with Crippen LogP contribution in [-0.4, -0.2) is 35.2 Å². The standard InChI is InChI=1S/C27H24Cl2N4O3/c1-17(36-25-12-11-20(28)14-22(25)29)26(34)32-24(13-18-7-3-2-4-8-18)27(35)33-31-16-19-15-30-23-10-6-5-9-21(19)23/h2-12,14-17,24,30H,13H2,1H3,(H,32,34)(H,33,35)/b31-16-/t17-,24+/m0/s1. The smallest absolute Gasteiger partial charge is 0.262 e. The highest BCUT2D eigenvalue weighted by Crippen LogP contribution is 2.28. The SMILES string of the molecule is C[C@H](Oc1ccc(Cl)cc1Cl)C(=O)N[C@H](Cc1ccccc1)C(=O)N/N=C\c1c[nH]c2ccccc12. The van der Waals surface area contributed by atoms with Crippen LogP contribution in [0.5, 0.6) is 5.75 Å². The molecule has 1 aromatic heterocycles. The first-order chi connectivity index (χ1) is 17.4. The van der Waals surface area contributed by atoms with Crippen LogP contribution in [0.3, 0.4) is 0 Å². The van der Waals surface area contributed by atoms with Crippen molar-refractivity contribution in [3.63, 3.8) is 0 Å². The first kappa shape index (κ1) is 25.3. The van der Waals surface area contributed by atoms with E-state index in [9.17, 15) is 9.59 Å². The van der Waals surface area contributed by atoms with E-state index in [4.69, 9.17) is 27.9 Å². The Hall–Kier alpha value is -3.81. The van der Waals surface area contributed by atoms with E-state index < -0.39 is 24.0 Å². The second kappa shape index (κ2) is 11.7. The molecule has 0 saturated carbocycles. The van der Waals surface area contributed by atoms with Gasteiger partial charge in [-0.3, -0.25) is 9.59 Å². The molecule has 0 saturated heterocycles. The molecule has 2 amide bonds. The summed E-state index contributed by atoms with van der Waals surface area (Å²) in [6, 6.07) is 21.0. The Kier molecular flexibility index (Phi) is 8.25. The molecule has 2 atom stereocenters. The molecule has 0 aliphatic rings. The number of benzene rings is 3. The second-order valence-electron chi connectivity index (χ2n) is 8.11. The zero-order chi connectivity index (χ0) is 25.5. The van der Waals surface area contributed by atoms with E-state index in [0.717, 1.165) is 22.0 Å². The summed E-state index contributed by atoms with van der Waals surface area (Å²) in [5.41, 5.74) is 5.22. The number of carbonyl (C=O) groups is 2. The van der Waals surface area contributed by atoms with Gasteiger partial charge in [-0.25, -0.2) is 5.43 Å². The number of ether oxygens (including phenoxy) is 1. The van der Waals surface area contributed by atoms with Gasteiger partial charge in [-0.05, 0) is 36.8 Å². The number of rotatable bonds is 9. The minimum atomic E-state index is -0.913. The minimum Gasteiger partial charge on any atom is -0.479 e. The monoisotopic (exact) mass is 522 g/mol. The summed E-state index contributed by atoms with van der Waals surface area (Å²) in [7, 11) is 0. The predicted molar refractivity (Wildman–Crippen MR) is 143 cm³/mol. The van der Waals surface area contributed by atoms with Crippen molar-refractivity contribution >= 4 is 52.1 Å². The van der Waals surface area contributed by atoms with Gasteiger partial charge in [0.05, 0.1) is 11.2 Å². The number of para-hydroxylation sites is 1. The van der Waals surface area contributed by atoms with Crippen LogP contribution in [0.15, 0.2) is 84.1 Å². The minimum absolute atomic E-state index is 0.273. The number of fused-ring (bicyclic) bond motifs is 1. The first-order valence-electron chi connectivity index (χ1n) is 11.3. The van der Waals surface area contributed by atoms with Crippen LogP contribution in [0.25, 0.3) is 10.9 Å². The molecular formula is C27H24Cl2N4O3. The quantitative estimate of drug-likeness (QED) is 0.210. The summed E-state index contributed by atoms with van der Waals surface area (Å²) in [6.07, 6.45) is 2.73. The Morgan fingerprint density at radius 2 is 1.78 bits per heavy atom. The third-order valence-electron chi connectivity index (χ3n) is 5.48. The van der Waals surface area contributed by atoms with Gasteiger partial charge in [0, 0.05) is 34.1 Å². The number of hydrazone groups is 1. The highest BCUT2D eigenvalue weighted by atomic mass is 35.5. The highest BCUT2D eigenvalue weighted by molar-refractivity contribution is 6.35. The number of aromatic amines is 1. The molecule has 4 rings (SSSR count). The van der Waals surface area contributed by atoms with E-state index in [1.54, 1.807) is 25.3 Å². The second-order valence-corrected chi connectivity index (χ2v) is 8.95. The molecule has 184 valence electrons. The van der Waals surface area contributed by atoms with Gasteiger partial charge < -0.3 is 15.0 Å². The number of amides is 2. The van der Waals surface area contributed by atoms with Crippen LogP contribution in [0.2, 0.25) is 10.0 Å². The van der Waals surface area contributed by atoms with Gasteiger partial charge in [0.15, 0.2) is 6.10 Å². The van der Waals surface area contributed by atoms with Crippen molar-refractivity contribution in [2.45, 2.75) is 25.5 Å². The first-order valence-corrected chi connectivity index (χ1v) is 12.0. The lowest BCUT2D eigenvalue weighted by Crippen LogP contribution is -2.50. The number of H-pyrrole nitrogens is 1. The van der Waals surface area contributed by atoms with E-state index in [0.29, 0.717) is 10.8 Å². The number of nitrogens with zero attached hydrogens (tertiary/aromatic N) is 1. The molecule has 4 aromatic rings. The van der Waals surface area contributed by atoms with E-state index in [-0.39, 0.29) is 11.4 Å². The van der Waals surface area contributed by atoms with Gasteiger partial charge in [-0.2, -0.15) is 5.10 Å². The number of aromatic nitrogens is 1. The van der Waals surface area contributed by atoms with Crippen molar-refractivity contribution in [2.24, 2.45) is 5.10 Å². The van der Waals surface area contributed by atoms with Crippen molar-refractivity contribution in [3.8, 4) is 5.75 Å². The van der Waals surface area contributed by atoms with Crippen LogP contribution >= 0.6 is 23.2 Å². The van der Waals surface area contributed by atoms with Crippen molar-refractivity contribution in [1.29, 1.82) is 0 Å². The molecule has 0 spiro atoms. The van der Waals surface area contributed by atoms with Crippen LogP contribution in [0.4, 0.5) is 0 Å². The number of hydrogen-bond donors (Lipinski definition) is 3. The summed E-state index contributed by atoms with van der Waals surface area (Å²) in [4.78, 5) is 29.1. The lowest BCUT2D eigenvalue weighted by Gasteiger charge is -2.21. The summed E-state index contributed by atoms with van der Waals surface area (Å²) >= 11 is 12.1. The lowest BCUT2D eigenvalue weighted by atomic mass is 10.1. The number of carbonyl (C=O) groups excluding carboxylic acids is 2. The Morgan fingerprint density at radius 1 is 1.03 bits per heavy atom. The lowest BCUT2D eigenvalue weighted by molar-refractivity contribution is -0.132. The van der Waals surface area contributed by atoms with Gasteiger partial charge in [0.1, 0.15) is 11.8 Å². The summed E-state index contributed by atoms with van der Waals surface area (Å²) < 4.78 is 5.70. The summed E-state index contributed by atoms with van der Waals surface area (Å²) in [6.45, 7) is 1.58. The van der Waals surface area contributed by atoms with E-state index in [1.807, 2.05) is 60.8 Å². The Morgan fingerprint density at radius 3 is 2.56 bits per heavy atom. The Bertz CT molecular complexity index is 1390. The number of nitrogens with one attached hydrogen (secondary N) is 3. The van der Waals surface area contributed by atoms with Crippen molar-refractivity contribution in [1.82, 2.24) is 15.7 Å². The zero-order valence-electron chi connectivity index (χ0n) is 19.4. The van der Waals surface area contributed by atoms with Gasteiger partial charge in [-0.1, -0.05) is 71.7 Å². The van der Waals surface area contributed by atoms with Gasteiger partial charge in [-0.15, -0.1) is 0 Å². The molecule has 7 nitrogen and oxygen atoms in total. The number of hydrogen-bond acceptors (Lipinski definition) is 4. The molecule has 36 heavy (non-hydrogen) atoms. The van der Waals surface area contributed by atoms with Gasteiger partial charge in [0.25, 0.3) is 11.8 Å². The summed E-state index contributed by atoms with van der Waals surface area (Å²) in [5.74, 6) is -0.617. The molecule has 0 radical (unpaired) electrons. The van der Waals surface area contributed by atoms with Crippen LogP contribution in [0.1, 0.15) is 18.1 Å². The van der Waals surface area contributed by atoms with Crippen molar-refractivity contribution < 1.29 is 14.3 Å². The maximum absolute atomic E-state index is 13.0. The fraction of sp³-hybridized carbons (Fsp3) is 0.148. The van der Waals surface area contributed by atoms with Crippen LogP contribution in [0, 0.1) is 0 Å². The number of halogens is 2.